The lowest BCUT2D eigenvalue weighted by Crippen LogP contribution is -2.57. The van der Waals surface area contributed by atoms with E-state index < -0.39 is 53.8 Å². The molecule has 0 aromatic carbocycles. The summed E-state index contributed by atoms with van der Waals surface area (Å²) in [7, 11) is 0. The second kappa shape index (κ2) is 12.2. The third-order valence-corrected chi connectivity index (χ3v) is 5.63. The average Bonchev–Trinajstić information content (AvgIpc) is 3.46. The van der Waals surface area contributed by atoms with Crippen molar-refractivity contribution in [3.8, 4) is 0 Å². The molecule has 1 aromatic rings. The van der Waals surface area contributed by atoms with Crippen LogP contribution in [-0.4, -0.2) is 86.0 Å². The van der Waals surface area contributed by atoms with Gasteiger partial charge in [-0.3, -0.25) is 19.2 Å². The topological polar surface area (TPSA) is 214 Å². The maximum absolute atomic E-state index is 12.8. The number of rotatable bonds is 12. The highest BCUT2D eigenvalue weighted by atomic mass is 32.1. The Kier molecular flexibility index (Phi) is 9.66. The number of likely N-dealkylation sites (tertiary alicyclic amines) is 1. The number of carbonyl (C=O) groups is 5. The number of carbonyl (C=O) groups excluding carboxylic acids is 4. The number of aromatic amines is 1. The average molecular weight is 484 g/mol. The number of imidazole rings is 1. The number of H-pyrrole nitrogens is 1. The Morgan fingerprint density at radius 2 is 2.00 bits per heavy atom. The number of hydrogen-bond donors (Lipinski definition) is 7. The van der Waals surface area contributed by atoms with Crippen molar-refractivity contribution in [1.82, 2.24) is 25.5 Å². The summed E-state index contributed by atoms with van der Waals surface area (Å²) in [6.45, 7) is 0.310. The molecular formula is C19H29N7O6S. The largest absolute Gasteiger partial charge is 0.480 e. The van der Waals surface area contributed by atoms with E-state index in [2.05, 4.69) is 33.2 Å². The monoisotopic (exact) mass is 483 g/mol. The van der Waals surface area contributed by atoms with E-state index in [9.17, 15) is 29.1 Å². The summed E-state index contributed by atoms with van der Waals surface area (Å²) in [5.41, 5.74) is 11.5. The molecule has 0 radical (unpaired) electrons. The highest BCUT2D eigenvalue weighted by Gasteiger charge is 2.37. The third kappa shape index (κ3) is 7.46. The Labute approximate surface area is 195 Å². The Bertz CT molecular complexity index is 865. The molecule has 182 valence electrons. The maximum atomic E-state index is 12.8. The van der Waals surface area contributed by atoms with E-state index in [1.807, 2.05) is 0 Å². The molecule has 1 saturated heterocycles. The molecule has 13 nitrogen and oxygen atoms in total. The van der Waals surface area contributed by atoms with Crippen molar-refractivity contribution in [2.24, 2.45) is 11.5 Å². The first-order chi connectivity index (χ1) is 15.6. The number of nitrogens with one attached hydrogen (secondary N) is 3. The van der Waals surface area contributed by atoms with Crippen LogP contribution in [0.1, 0.15) is 31.4 Å². The number of nitrogens with two attached hydrogens (primary N) is 2. The summed E-state index contributed by atoms with van der Waals surface area (Å²) in [5.74, 6) is -3.70. The first-order valence-electron chi connectivity index (χ1n) is 10.4. The Hall–Kier alpha value is -3.13. The maximum Gasteiger partial charge on any atom is 0.326 e. The molecule has 4 unspecified atom stereocenters. The van der Waals surface area contributed by atoms with Gasteiger partial charge in [0.15, 0.2) is 0 Å². The first-order valence-corrected chi connectivity index (χ1v) is 11.0. The van der Waals surface area contributed by atoms with Crippen LogP contribution < -0.4 is 22.1 Å². The fourth-order valence-electron chi connectivity index (χ4n) is 3.49. The van der Waals surface area contributed by atoms with Crippen molar-refractivity contribution in [2.75, 3.05) is 12.3 Å². The van der Waals surface area contributed by atoms with E-state index >= 15 is 0 Å². The van der Waals surface area contributed by atoms with E-state index in [1.54, 1.807) is 0 Å². The minimum absolute atomic E-state index is 0.0254. The van der Waals surface area contributed by atoms with Crippen LogP contribution in [0.3, 0.4) is 0 Å². The van der Waals surface area contributed by atoms with Crippen molar-refractivity contribution < 1.29 is 29.1 Å². The minimum Gasteiger partial charge on any atom is -0.480 e. The van der Waals surface area contributed by atoms with Gasteiger partial charge in [-0.05, 0) is 19.3 Å². The number of carboxylic acid groups (broad SMARTS) is 1. The van der Waals surface area contributed by atoms with Gasteiger partial charge in [-0.1, -0.05) is 0 Å². The number of aromatic nitrogens is 2. The molecule has 1 aliphatic heterocycles. The SMILES string of the molecule is NC(=O)CCC(N)C(=O)N1CCCC1C(=O)NC(CS)C(=O)NC(Cc1cnc[nH]1)C(=O)O. The summed E-state index contributed by atoms with van der Waals surface area (Å²) in [4.78, 5) is 68.5. The number of amides is 4. The lowest BCUT2D eigenvalue weighted by Gasteiger charge is -2.28. The quantitative estimate of drug-likeness (QED) is 0.158. The van der Waals surface area contributed by atoms with Gasteiger partial charge in [0, 0.05) is 37.0 Å². The molecule has 8 N–H and O–H groups in total. The molecule has 0 saturated carbocycles. The first kappa shape index (κ1) is 26.1. The van der Waals surface area contributed by atoms with Gasteiger partial charge < -0.3 is 37.1 Å². The highest BCUT2D eigenvalue weighted by Crippen LogP contribution is 2.19. The Morgan fingerprint density at radius 1 is 1.27 bits per heavy atom. The van der Waals surface area contributed by atoms with Crippen LogP contribution >= 0.6 is 12.6 Å². The minimum atomic E-state index is -1.25. The van der Waals surface area contributed by atoms with Crippen LogP contribution in [0.5, 0.6) is 0 Å². The highest BCUT2D eigenvalue weighted by molar-refractivity contribution is 7.80. The molecule has 1 aromatic heterocycles. The lowest BCUT2D eigenvalue weighted by atomic mass is 10.1. The van der Waals surface area contributed by atoms with Crippen molar-refractivity contribution in [2.45, 2.75) is 56.3 Å². The normalized spacial score (nSPS) is 18.2. The van der Waals surface area contributed by atoms with Gasteiger partial charge in [0.1, 0.15) is 18.1 Å². The van der Waals surface area contributed by atoms with Gasteiger partial charge in [0.05, 0.1) is 12.4 Å². The van der Waals surface area contributed by atoms with Gasteiger partial charge in [0.25, 0.3) is 0 Å². The Balaban J connectivity index is 1.98. The van der Waals surface area contributed by atoms with Gasteiger partial charge in [0.2, 0.25) is 23.6 Å². The summed E-state index contributed by atoms with van der Waals surface area (Å²) in [6, 6.07) is -4.18. The zero-order valence-corrected chi connectivity index (χ0v) is 18.8. The van der Waals surface area contributed by atoms with Gasteiger partial charge in [-0.2, -0.15) is 12.6 Å². The number of primary amides is 1. The summed E-state index contributed by atoms with van der Waals surface area (Å²) in [5, 5.41) is 14.3. The van der Waals surface area contributed by atoms with E-state index in [1.165, 1.54) is 17.4 Å². The molecule has 4 amide bonds. The number of hydrogen-bond acceptors (Lipinski definition) is 8. The second-order valence-corrected chi connectivity index (χ2v) is 8.09. The van der Waals surface area contributed by atoms with Crippen LogP contribution in [0.2, 0.25) is 0 Å². The Morgan fingerprint density at radius 3 is 2.58 bits per heavy atom. The van der Waals surface area contributed by atoms with Gasteiger partial charge >= 0.3 is 5.97 Å². The van der Waals surface area contributed by atoms with Crippen molar-refractivity contribution in [1.29, 1.82) is 0 Å². The summed E-state index contributed by atoms with van der Waals surface area (Å²) in [6.07, 6.45) is 3.76. The van der Waals surface area contributed by atoms with Crippen LogP contribution in [0.4, 0.5) is 0 Å². The molecule has 0 bridgehead atoms. The molecule has 0 aliphatic carbocycles. The number of carboxylic acids is 1. The molecule has 4 atom stereocenters. The number of thiol groups is 1. The smallest absolute Gasteiger partial charge is 0.326 e. The standard InChI is InChI=1S/C19H29N7O6S/c20-11(3-4-15(21)27)18(30)26-5-1-2-14(26)17(29)25-13(8-33)16(28)24-12(19(31)32)6-10-7-22-9-23-10/h7,9,11-14,33H,1-6,8,20H2,(H2,21,27)(H,22,23)(H,24,28)(H,25,29)(H,31,32). The number of aliphatic carboxylic acids is 1. The van der Waals surface area contributed by atoms with Crippen LogP contribution in [0.25, 0.3) is 0 Å². The summed E-state index contributed by atoms with van der Waals surface area (Å²) < 4.78 is 0. The number of nitrogens with zero attached hydrogens (tertiary/aromatic N) is 2. The van der Waals surface area contributed by atoms with Crippen molar-refractivity contribution >= 4 is 42.2 Å². The summed E-state index contributed by atoms with van der Waals surface area (Å²) >= 11 is 4.09. The third-order valence-electron chi connectivity index (χ3n) is 5.27. The second-order valence-electron chi connectivity index (χ2n) is 7.73. The van der Waals surface area contributed by atoms with Crippen LogP contribution in [0.15, 0.2) is 12.5 Å². The molecule has 14 heteroatoms. The van der Waals surface area contributed by atoms with E-state index in [0.717, 1.165) is 0 Å². The molecular weight excluding hydrogens is 454 g/mol. The van der Waals surface area contributed by atoms with Crippen LogP contribution in [-0.2, 0) is 30.4 Å². The van der Waals surface area contributed by atoms with E-state index in [4.69, 9.17) is 11.5 Å². The lowest BCUT2D eigenvalue weighted by molar-refractivity contribution is -0.143. The van der Waals surface area contributed by atoms with Gasteiger partial charge in [-0.25, -0.2) is 9.78 Å². The fraction of sp³-hybridized carbons (Fsp3) is 0.579. The molecule has 1 fully saturated rings. The zero-order valence-electron chi connectivity index (χ0n) is 17.9. The van der Waals surface area contributed by atoms with Gasteiger partial charge in [-0.15, -0.1) is 0 Å². The van der Waals surface area contributed by atoms with Crippen molar-refractivity contribution in [3.63, 3.8) is 0 Å². The zero-order chi connectivity index (χ0) is 24.5. The molecule has 2 rings (SSSR count). The molecule has 33 heavy (non-hydrogen) atoms. The van der Waals surface area contributed by atoms with E-state index in [0.29, 0.717) is 25.1 Å². The predicted molar refractivity (Wildman–Crippen MR) is 119 cm³/mol. The van der Waals surface area contributed by atoms with Crippen LogP contribution in [0, 0.1) is 0 Å². The van der Waals surface area contributed by atoms with Crippen molar-refractivity contribution in [3.05, 3.63) is 18.2 Å². The molecule has 1 aliphatic rings. The molecule has 2 heterocycles. The van der Waals surface area contributed by atoms with E-state index in [-0.39, 0.29) is 25.0 Å². The molecule has 0 spiro atoms. The predicted octanol–water partition coefficient (Wildman–Crippen LogP) is -2.48. The fourth-order valence-corrected chi connectivity index (χ4v) is 3.75.